The standard InChI is InChI=1S/C18H24ClNS/c1-7-20-18(15-8-9-16(19)21-15)17-13(5)11(3)10(2)12(4)14(17)6/h8-9,18,20H,7H2,1-6H3. The minimum atomic E-state index is 0.227. The molecule has 0 saturated heterocycles. The fourth-order valence-corrected chi connectivity index (χ4v) is 4.14. The zero-order valence-electron chi connectivity index (χ0n) is 13.7. The highest BCUT2D eigenvalue weighted by Gasteiger charge is 2.22. The fourth-order valence-electron chi connectivity index (χ4n) is 2.99. The van der Waals surface area contributed by atoms with E-state index in [2.05, 4.69) is 52.9 Å². The zero-order valence-corrected chi connectivity index (χ0v) is 15.3. The van der Waals surface area contributed by atoms with Crippen LogP contribution in [0.1, 0.15) is 51.2 Å². The zero-order chi connectivity index (χ0) is 15.7. The Balaban J connectivity index is 2.66. The lowest BCUT2D eigenvalue weighted by molar-refractivity contribution is 0.632. The van der Waals surface area contributed by atoms with Gasteiger partial charge in [0.25, 0.3) is 0 Å². The highest BCUT2D eigenvalue weighted by atomic mass is 35.5. The van der Waals surface area contributed by atoms with E-state index in [0.29, 0.717) is 0 Å². The van der Waals surface area contributed by atoms with Crippen LogP contribution in [0.15, 0.2) is 12.1 Å². The number of halogens is 1. The number of rotatable bonds is 4. The van der Waals surface area contributed by atoms with Crippen LogP contribution in [-0.4, -0.2) is 6.54 Å². The molecule has 0 saturated carbocycles. The van der Waals surface area contributed by atoms with E-state index in [4.69, 9.17) is 11.6 Å². The number of nitrogens with one attached hydrogen (secondary N) is 1. The van der Waals surface area contributed by atoms with E-state index in [9.17, 15) is 0 Å². The number of hydrogen-bond donors (Lipinski definition) is 1. The second kappa shape index (κ2) is 6.51. The van der Waals surface area contributed by atoms with Crippen molar-refractivity contribution in [2.45, 2.75) is 47.6 Å². The molecule has 1 unspecified atom stereocenters. The molecular formula is C18H24ClNS. The van der Waals surface area contributed by atoms with Crippen molar-refractivity contribution in [3.05, 3.63) is 54.7 Å². The Morgan fingerprint density at radius 1 is 0.952 bits per heavy atom. The molecule has 0 amide bonds. The Morgan fingerprint density at radius 2 is 1.48 bits per heavy atom. The summed E-state index contributed by atoms with van der Waals surface area (Å²) in [4.78, 5) is 1.29. The summed E-state index contributed by atoms with van der Waals surface area (Å²) in [6.45, 7) is 14.2. The lowest BCUT2D eigenvalue weighted by Crippen LogP contribution is -2.23. The lowest BCUT2D eigenvalue weighted by atomic mass is 9.86. The van der Waals surface area contributed by atoms with Crippen molar-refractivity contribution in [3.8, 4) is 0 Å². The van der Waals surface area contributed by atoms with Gasteiger partial charge in [-0.3, -0.25) is 0 Å². The highest BCUT2D eigenvalue weighted by molar-refractivity contribution is 7.16. The first-order chi connectivity index (χ1) is 9.88. The Labute approximate surface area is 137 Å². The first-order valence-electron chi connectivity index (χ1n) is 7.43. The van der Waals surface area contributed by atoms with Crippen LogP contribution in [0.5, 0.6) is 0 Å². The second-order valence-corrected chi connectivity index (χ2v) is 7.42. The summed E-state index contributed by atoms with van der Waals surface area (Å²) in [6, 6.07) is 4.36. The third-order valence-corrected chi connectivity index (χ3v) is 5.93. The van der Waals surface area contributed by atoms with Crippen LogP contribution < -0.4 is 5.32 Å². The molecule has 2 rings (SSSR count). The van der Waals surface area contributed by atoms with Crippen LogP contribution in [0.2, 0.25) is 4.34 Å². The van der Waals surface area contributed by atoms with Crippen LogP contribution in [0.4, 0.5) is 0 Å². The maximum Gasteiger partial charge on any atom is 0.0931 e. The maximum atomic E-state index is 6.15. The molecule has 0 fully saturated rings. The van der Waals surface area contributed by atoms with Crippen molar-refractivity contribution in [3.63, 3.8) is 0 Å². The van der Waals surface area contributed by atoms with Crippen LogP contribution in [0.25, 0.3) is 0 Å². The molecule has 0 aliphatic carbocycles. The molecular weight excluding hydrogens is 298 g/mol. The molecule has 0 bridgehead atoms. The van der Waals surface area contributed by atoms with Gasteiger partial charge in [-0.25, -0.2) is 0 Å². The largest absolute Gasteiger partial charge is 0.306 e. The number of thiophene rings is 1. The van der Waals surface area contributed by atoms with Crippen LogP contribution >= 0.6 is 22.9 Å². The summed E-state index contributed by atoms with van der Waals surface area (Å²) in [5.41, 5.74) is 8.42. The molecule has 1 atom stereocenters. The van der Waals surface area contributed by atoms with Gasteiger partial charge in [-0.2, -0.15) is 0 Å². The van der Waals surface area contributed by atoms with Gasteiger partial charge >= 0.3 is 0 Å². The van der Waals surface area contributed by atoms with Crippen LogP contribution in [0.3, 0.4) is 0 Å². The third kappa shape index (κ3) is 3.03. The van der Waals surface area contributed by atoms with Gasteiger partial charge in [0.05, 0.1) is 10.4 Å². The number of benzene rings is 1. The van der Waals surface area contributed by atoms with Crippen molar-refractivity contribution in [1.82, 2.24) is 5.32 Å². The molecule has 0 radical (unpaired) electrons. The lowest BCUT2D eigenvalue weighted by Gasteiger charge is -2.25. The molecule has 2 aromatic rings. The summed E-state index contributed by atoms with van der Waals surface area (Å²) >= 11 is 7.82. The monoisotopic (exact) mass is 321 g/mol. The van der Waals surface area contributed by atoms with E-state index in [1.54, 1.807) is 11.3 Å². The van der Waals surface area contributed by atoms with Crippen molar-refractivity contribution in [1.29, 1.82) is 0 Å². The van der Waals surface area contributed by atoms with Crippen molar-refractivity contribution in [2.24, 2.45) is 0 Å². The molecule has 3 heteroatoms. The molecule has 1 nitrogen and oxygen atoms in total. The van der Waals surface area contributed by atoms with Gasteiger partial charge in [-0.15, -0.1) is 11.3 Å². The van der Waals surface area contributed by atoms with Crippen LogP contribution in [-0.2, 0) is 0 Å². The summed E-state index contributed by atoms with van der Waals surface area (Å²) < 4.78 is 0.851. The van der Waals surface area contributed by atoms with E-state index in [1.807, 2.05) is 6.07 Å². The van der Waals surface area contributed by atoms with Gasteiger partial charge in [-0.1, -0.05) is 18.5 Å². The van der Waals surface area contributed by atoms with Gasteiger partial charge < -0.3 is 5.32 Å². The van der Waals surface area contributed by atoms with E-state index >= 15 is 0 Å². The Kier molecular flexibility index (Phi) is 5.13. The van der Waals surface area contributed by atoms with E-state index in [1.165, 1.54) is 38.3 Å². The number of hydrogen-bond acceptors (Lipinski definition) is 2. The molecule has 1 aromatic heterocycles. The molecule has 21 heavy (non-hydrogen) atoms. The van der Waals surface area contributed by atoms with Gasteiger partial charge in [0.15, 0.2) is 0 Å². The molecule has 1 heterocycles. The quantitative estimate of drug-likeness (QED) is 0.768. The summed E-state index contributed by atoms with van der Waals surface area (Å²) in [5.74, 6) is 0. The second-order valence-electron chi connectivity index (χ2n) is 5.67. The molecule has 1 aromatic carbocycles. The predicted molar refractivity (Wildman–Crippen MR) is 95.0 cm³/mol. The molecule has 114 valence electrons. The first-order valence-corrected chi connectivity index (χ1v) is 8.63. The Hall–Kier alpha value is -0.830. The van der Waals surface area contributed by atoms with Gasteiger partial charge in [-0.05, 0) is 86.7 Å². The van der Waals surface area contributed by atoms with Crippen molar-refractivity contribution < 1.29 is 0 Å². The molecule has 0 aliphatic heterocycles. The average Bonchev–Trinajstić information content (AvgIpc) is 2.88. The third-order valence-electron chi connectivity index (χ3n) is 4.63. The highest BCUT2D eigenvalue weighted by Crippen LogP contribution is 2.37. The normalized spacial score (nSPS) is 12.7. The Bertz CT molecular complexity index is 628. The molecule has 1 N–H and O–H groups in total. The van der Waals surface area contributed by atoms with Crippen LogP contribution in [0, 0.1) is 34.6 Å². The molecule has 0 aliphatic rings. The van der Waals surface area contributed by atoms with Gasteiger partial charge in [0.1, 0.15) is 0 Å². The van der Waals surface area contributed by atoms with Crippen molar-refractivity contribution >= 4 is 22.9 Å². The first kappa shape index (κ1) is 16.5. The minimum absolute atomic E-state index is 0.227. The minimum Gasteiger partial charge on any atom is -0.306 e. The Morgan fingerprint density at radius 3 is 1.90 bits per heavy atom. The van der Waals surface area contributed by atoms with Gasteiger partial charge in [0.2, 0.25) is 0 Å². The SMILES string of the molecule is CCNC(c1ccc(Cl)s1)c1c(C)c(C)c(C)c(C)c1C. The fraction of sp³-hybridized carbons (Fsp3) is 0.444. The maximum absolute atomic E-state index is 6.15. The smallest absolute Gasteiger partial charge is 0.0931 e. The summed E-state index contributed by atoms with van der Waals surface area (Å²) in [6.07, 6.45) is 0. The van der Waals surface area contributed by atoms with Crippen molar-refractivity contribution in [2.75, 3.05) is 6.54 Å². The van der Waals surface area contributed by atoms with Gasteiger partial charge in [0, 0.05) is 4.88 Å². The topological polar surface area (TPSA) is 12.0 Å². The van der Waals surface area contributed by atoms with E-state index < -0.39 is 0 Å². The average molecular weight is 322 g/mol. The predicted octanol–water partition coefficient (Wildman–Crippen LogP) is 5.64. The summed E-state index contributed by atoms with van der Waals surface area (Å²) in [7, 11) is 0. The van der Waals surface area contributed by atoms with E-state index in [-0.39, 0.29) is 6.04 Å². The molecule has 0 spiro atoms. The van der Waals surface area contributed by atoms with E-state index in [0.717, 1.165) is 10.9 Å². The summed E-state index contributed by atoms with van der Waals surface area (Å²) in [5, 5.41) is 3.64.